The van der Waals surface area contributed by atoms with E-state index in [0.717, 1.165) is 6.42 Å². The van der Waals surface area contributed by atoms with Crippen LogP contribution < -0.4 is 5.73 Å². The van der Waals surface area contributed by atoms with Crippen molar-refractivity contribution in [3.63, 3.8) is 0 Å². The van der Waals surface area contributed by atoms with E-state index in [-0.39, 0.29) is 11.8 Å². The van der Waals surface area contributed by atoms with Crippen LogP contribution in [0.25, 0.3) is 0 Å². The Balaban J connectivity index is 3.57. The predicted molar refractivity (Wildman–Crippen MR) is 42.7 cm³/mol. The molecule has 0 saturated carbocycles. The number of ketones is 1. The summed E-state index contributed by atoms with van der Waals surface area (Å²) >= 11 is 0. The molecule has 10 heavy (non-hydrogen) atoms. The fourth-order valence-electron chi connectivity index (χ4n) is 0.674. The Bertz CT molecular complexity index is 110. The van der Waals surface area contributed by atoms with Gasteiger partial charge in [0.25, 0.3) is 0 Å². The lowest BCUT2D eigenvalue weighted by Gasteiger charge is -2.08. The Morgan fingerprint density at radius 2 is 2.00 bits per heavy atom. The molecule has 0 rings (SSSR count). The molecule has 0 aliphatic carbocycles. The molecule has 0 fully saturated rings. The van der Waals surface area contributed by atoms with Crippen molar-refractivity contribution in [1.29, 1.82) is 0 Å². The van der Waals surface area contributed by atoms with Crippen molar-refractivity contribution in [2.24, 2.45) is 11.7 Å². The van der Waals surface area contributed by atoms with Crippen LogP contribution in [-0.2, 0) is 4.79 Å². The second-order valence-corrected chi connectivity index (χ2v) is 2.97. The summed E-state index contributed by atoms with van der Waals surface area (Å²) < 4.78 is 0. The van der Waals surface area contributed by atoms with E-state index in [0.29, 0.717) is 12.3 Å². The quantitative estimate of drug-likeness (QED) is 0.645. The molecule has 2 nitrogen and oxygen atoms in total. The van der Waals surface area contributed by atoms with Crippen molar-refractivity contribution in [1.82, 2.24) is 0 Å². The second kappa shape index (κ2) is 4.45. The first-order valence-corrected chi connectivity index (χ1v) is 3.86. The first-order chi connectivity index (χ1) is 4.57. The zero-order valence-electron chi connectivity index (χ0n) is 7.05. The van der Waals surface area contributed by atoms with Gasteiger partial charge >= 0.3 is 0 Å². The summed E-state index contributed by atoms with van der Waals surface area (Å²) in [5.74, 6) is 0.660. The lowest BCUT2D eigenvalue weighted by molar-refractivity contribution is -0.120. The van der Waals surface area contributed by atoms with Gasteiger partial charge in [-0.05, 0) is 12.8 Å². The number of hydrogen-bond donors (Lipinski definition) is 1. The average molecular weight is 143 g/mol. The SMILES string of the molecule is CCC(C)CC(=O)[C@H](C)N. The highest BCUT2D eigenvalue weighted by molar-refractivity contribution is 5.83. The van der Waals surface area contributed by atoms with Crippen molar-refractivity contribution in [3.05, 3.63) is 0 Å². The number of nitrogens with two attached hydrogens (primary N) is 1. The summed E-state index contributed by atoms with van der Waals surface area (Å²) in [6.07, 6.45) is 1.69. The molecule has 2 N–H and O–H groups in total. The molecule has 0 heterocycles. The second-order valence-electron chi connectivity index (χ2n) is 2.97. The molecule has 0 aliphatic rings. The third-order valence-electron chi connectivity index (χ3n) is 1.75. The van der Waals surface area contributed by atoms with Gasteiger partial charge in [0.2, 0.25) is 0 Å². The normalized spacial score (nSPS) is 16.4. The number of rotatable bonds is 4. The van der Waals surface area contributed by atoms with Crippen LogP contribution in [0.3, 0.4) is 0 Å². The van der Waals surface area contributed by atoms with Gasteiger partial charge < -0.3 is 5.73 Å². The molecule has 0 spiro atoms. The Morgan fingerprint density at radius 3 is 2.30 bits per heavy atom. The first kappa shape index (κ1) is 9.63. The molecule has 0 radical (unpaired) electrons. The van der Waals surface area contributed by atoms with Crippen LogP contribution in [0.2, 0.25) is 0 Å². The van der Waals surface area contributed by atoms with E-state index in [9.17, 15) is 4.79 Å². The summed E-state index contributed by atoms with van der Waals surface area (Å²) in [4.78, 5) is 11.0. The van der Waals surface area contributed by atoms with Gasteiger partial charge in [-0.15, -0.1) is 0 Å². The lowest BCUT2D eigenvalue weighted by Crippen LogP contribution is -2.27. The number of carbonyl (C=O) groups is 1. The van der Waals surface area contributed by atoms with Gasteiger partial charge in [-0.1, -0.05) is 20.3 Å². The maximum Gasteiger partial charge on any atom is 0.149 e. The van der Waals surface area contributed by atoms with Crippen molar-refractivity contribution in [2.75, 3.05) is 0 Å². The highest BCUT2D eigenvalue weighted by Gasteiger charge is 2.10. The van der Waals surface area contributed by atoms with E-state index >= 15 is 0 Å². The number of Topliss-reactive ketones (excluding diaryl/α,β-unsaturated/α-hetero) is 1. The highest BCUT2D eigenvalue weighted by atomic mass is 16.1. The Morgan fingerprint density at radius 1 is 1.50 bits per heavy atom. The van der Waals surface area contributed by atoms with Gasteiger partial charge in [0.1, 0.15) is 5.78 Å². The van der Waals surface area contributed by atoms with Crippen LogP contribution in [0.5, 0.6) is 0 Å². The maximum atomic E-state index is 11.0. The monoisotopic (exact) mass is 143 g/mol. The molecule has 0 bridgehead atoms. The van der Waals surface area contributed by atoms with E-state index in [2.05, 4.69) is 13.8 Å². The summed E-state index contributed by atoms with van der Waals surface area (Å²) in [6.45, 7) is 5.89. The zero-order chi connectivity index (χ0) is 8.15. The van der Waals surface area contributed by atoms with Gasteiger partial charge in [0.05, 0.1) is 6.04 Å². The molecule has 2 atom stereocenters. The van der Waals surface area contributed by atoms with Gasteiger partial charge in [0.15, 0.2) is 0 Å². The molecular formula is C8H17NO. The summed E-state index contributed by atoms with van der Waals surface area (Å²) in [5, 5.41) is 0. The van der Waals surface area contributed by atoms with Crippen LogP contribution in [0.4, 0.5) is 0 Å². The van der Waals surface area contributed by atoms with Gasteiger partial charge in [-0.25, -0.2) is 0 Å². The average Bonchev–Trinajstić information content (AvgIpc) is 1.87. The molecule has 0 aromatic heterocycles. The first-order valence-electron chi connectivity index (χ1n) is 3.86. The van der Waals surface area contributed by atoms with Crippen molar-refractivity contribution in [2.45, 2.75) is 39.7 Å². The van der Waals surface area contributed by atoms with E-state index in [1.54, 1.807) is 6.92 Å². The minimum atomic E-state index is -0.283. The van der Waals surface area contributed by atoms with Gasteiger partial charge in [-0.2, -0.15) is 0 Å². The molecule has 60 valence electrons. The van der Waals surface area contributed by atoms with Gasteiger partial charge in [-0.3, -0.25) is 4.79 Å². The van der Waals surface area contributed by atoms with Crippen molar-refractivity contribution in [3.8, 4) is 0 Å². The van der Waals surface area contributed by atoms with Gasteiger partial charge in [0, 0.05) is 6.42 Å². The van der Waals surface area contributed by atoms with E-state index < -0.39 is 0 Å². The fourth-order valence-corrected chi connectivity index (χ4v) is 0.674. The third-order valence-corrected chi connectivity index (χ3v) is 1.75. The van der Waals surface area contributed by atoms with Crippen molar-refractivity contribution < 1.29 is 4.79 Å². The molecule has 0 aromatic rings. The summed E-state index contributed by atoms with van der Waals surface area (Å²) in [5.41, 5.74) is 5.39. The maximum absolute atomic E-state index is 11.0. The Kier molecular flexibility index (Phi) is 4.28. The summed E-state index contributed by atoms with van der Waals surface area (Å²) in [6, 6.07) is -0.283. The fraction of sp³-hybridized carbons (Fsp3) is 0.875. The van der Waals surface area contributed by atoms with Crippen LogP contribution in [0, 0.1) is 5.92 Å². The topological polar surface area (TPSA) is 43.1 Å². The van der Waals surface area contributed by atoms with Crippen molar-refractivity contribution >= 4 is 5.78 Å². The standard InChI is InChI=1S/C8H17NO/c1-4-6(2)5-8(10)7(3)9/h6-7H,4-5,9H2,1-3H3/t6?,7-/m0/s1. The zero-order valence-corrected chi connectivity index (χ0v) is 7.05. The molecule has 0 saturated heterocycles. The van der Waals surface area contributed by atoms with Crippen LogP contribution in [-0.4, -0.2) is 11.8 Å². The largest absolute Gasteiger partial charge is 0.322 e. The van der Waals surface area contributed by atoms with Crippen LogP contribution >= 0.6 is 0 Å². The molecule has 0 aromatic carbocycles. The van der Waals surface area contributed by atoms with E-state index in [1.807, 2.05) is 0 Å². The molecule has 0 amide bonds. The van der Waals surface area contributed by atoms with Crippen LogP contribution in [0.1, 0.15) is 33.6 Å². The minimum absolute atomic E-state index is 0.175. The lowest BCUT2D eigenvalue weighted by atomic mass is 9.99. The smallest absolute Gasteiger partial charge is 0.149 e. The van der Waals surface area contributed by atoms with Crippen LogP contribution in [0.15, 0.2) is 0 Å². The molecule has 2 heteroatoms. The Labute approximate surface area is 62.8 Å². The number of hydrogen-bond acceptors (Lipinski definition) is 2. The highest BCUT2D eigenvalue weighted by Crippen LogP contribution is 2.07. The molecule has 1 unspecified atom stereocenters. The molecule has 0 aliphatic heterocycles. The van der Waals surface area contributed by atoms with E-state index in [1.165, 1.54) is 0 Å². The third kappa shape index (κ3) is 3.62. The minimum Gasteiger partial charge on any atom is -0.322 e. The predicted octanol–water partition coefficient (Wildman–Crippen LogP) is 1.34. The Hall–Kier alpha value is -0.370. The summed E-state index contributed by atoms with van der Waals surface area (Å²) in [7, 11) is 0. The number of carbonyl (C=O) groups excluding carboxylic acids is 1. The van der Waals surface area contributed by atoms with E-state index in [4.69, 9.17) is 5.73 Å². The molecular weight excluding hydrogens is 126 g/mol.